The Kier molecular flexibility index (Phi) is 3.98. The molecule has 1 fully saturated rings. The van der Waals surface area contributed by atoms with Crippen molar-refractivity contribution in [3.63, 3.8) is 0 Å². The summed E-state index contributed by atoms with van der Waals surface area (Å²) < 4.78 is 13.9. The maximum absolute atomic E-state index is 13.0. The van der Waals surface area contributed by atoms with Crippen molar-refractivity contribution in [3.05, 3.63) is 34.1 Å². The normalized spacial score (nSPS) is 19.7. The zero-order chi connectivity index (χ0) is 11.5. The van der Waals surface area contributed by atoms with Crippen molar-refractivity contribution in [2.24, 2.45) is 5.92 Å². The summed E-state index contributed by atoms with van der Waals surface area (Å²) in [5.74, 6) is 1.04. The van der Waals surface area contributed by atoms with Crippen molar-refractivity contribution >= 4 is 15.9 Å². The quantitative estimate of drug-likeness (QED) is 0.874. The van der Waals surface area contributed by atoms with E-state index in [1.54, 1.807) is 12.1 Å². The highest BCUT2D eigenvalue weighted by Crippen LogP contribution is 2.34. The summed E-state index contributed by atoms with van der Waals surface area (Å²) in [4.78, 5) is 0. The van der Waals surface area contributed by atoms with E-state index in [-0.39, 0.29) is 5.82 Å². The van der Waals surface area contributed by atoms with E-state index >= 15 is 0 Å². The molecule has 1 aromatic rings. The van der Waals surface area contributed by atoms with Crippen LogP contribution in [0, 0.1) is 11.7 Å². The zero-order valence-corrected chi connectivity index (χ0v) is 11.1. The first-order valence-corrected chi connectivity index (χ1v) is 6.63. The van der Waals surface area contributed by atoms with Gasteiger partial charge in [-0.25, -0.2) is 4.39 Å². The van der Waals surface area contributed by atoms with E-state index in [0.717, 1.165) is 17.6 Å². The number of hydrogen-bond acceptors (Lipinski definition) is 1. The van der Waals surface area contributed by atoms with Crippen LogP contribution in [0.4, 0.5) is 4.39 Å². The highest BCUT2D eigenvalue weighted by Gasteiger charge is 2.22. The summed E-state index contributed by atoms with van der Waals surface area (Å²) in [6, 6.07) is 5.02. The summed E-state index contributed by atoms with van der Waals surface area (Å²) in [6.45, 7) is 4.45. The lowest BCUT2D eigenvalue weighted by Gasteiger charge is -2.29. The fourth-order valence-corrected chi connectivity index (χ4v) is 3.18. The van der Waals surface area contributed by atoms with E-state index in [1.807, 2.05) is 6.07 Å². The summed E-state index contributed by atoms with van der Waals surface area (Å²) >= 11 is 3.46. The molecule has 0 aromatic heterocycles. The van der Waals surface area contributed by atoms with Gasteiger partial charge in [-0.05, 0) is 55.5 Å². The Balaban J connectivity index is 2.15. The van der Waals surface area contributed by atoms with Gasteiger partial charge in [0, 0.05) is 4.47 Å². The van der Waals surface area contributed by atoms with E-state index in [0.29, 0.717) is 11.8 Å². The average Bonchev–Trinajstić information content (AvgIpc) is 2.29. The minimum atomic E-state index is -0.173. The number of hydrogen-bond donors (Lipinski definition) is 1. The molecule has 88 valence electrons. The van der Waals surface area contributed by atoms with Gasteiger partial charge in [-0.2, -0.15) is 0 Å². The third-order valence-corrected chi connectivity index (χ3v) is 4.23. The van der Waals surface area contributed by atoms with Gasteiger partial charge in [0.2, 0.25) is 0 Å². The summed E-state index contributed by atoms with van der Waals surface area (Å²) in [6.07, 6.45) is 2.43. The van der Waals surface area contributed by atoms with Crippen LogP contribution in [0.3, 0.4) is 0 Å². The first kappa shape index (κ1) is 12.1. The first-order valence-electron chi connectivity index (χ1n) is 5.84. The van der Waals surface area contributed by atoms with Gasteiger partial charge in [0.15, 0.2) is 0 Å². The molecule has 1 atom stereocenters. The van der Waals surface area contributed by atoms with Gasteiger partial charge >= 0.3 is 0 Å². The highest BCUT2D eigenvalue weighted by atomic mass is 79.9. The molecule has 2 rings (SSSR count). The van der Waals surface area contributed by atoms with Crippen LogP contribution in [0.25, 0.3) is 0 Å². The van der Waals surface area contributed by atoms with E-state index < -0.39 is 0 Å². The Morgan fingerprint density at radius 3 is 2.69 bits per heavy atom. The molecule has 0 bridgehead atoms. The van der Waals surface area contributed by atoms with Crippen LogP contribution < -0.4 is 5.32 Å². The van der Waals surface area contributed by atoms with Gasteiger partial charge in [-0.15, -0.1) is 0 Å². The molecule has 0 saturated carbocycles. The average molecular weight is 286 g/mol. The molecule has 1 aliphatic heterocycles. The van der Waals surface area contributed by atoms with Crippen molar-refractivity contribution < 1.29 is 4.39 Å². The van der Waals surface area contributed by atoms with Crippen LogP contribution >= 0.6 is 15.9 Å². The summed E-state index contributed by atoms with van der Waals surface area (Å²) in [7, 11) is 0. The Hall–Kier alpha value is -0.410. The standard InChI is InChI=1S/C13H17BrFN/c1-9(10-4-6-16-7-5-10)12-3-2-11(15)8-13(12)14/h2-3,8-10,16H,4-7H2,1H3. The summed E-state index contributed by atoms with van der Waals surface area (Å²) in [5.41, 5.74) is 1.23. The van der Waals surface area contributed by atoms with Gasteiger partial charge < -0.3 is 5.32 Å². The highest BCUT2D eigenvalue weighted by molar-refractivity contribution is 9.10. The molecule has 0 radical (unpaired) electrons. The van der Waals surface area contributed by atoms with Crippen molar-refractivity contribution in [3.8, 4) is 0 Å². The second-order valence-electron chi connectivity index (χ2n) is 4.54. The lowest BCUT2D eigenvalue weighted by Crippen LogP contribution is -2.30. The van der Waals surface area contributed by atoms with Crippen molar-refractivity contribution in [1.29, 1.82) is 0 Å². The third-order valence-electron chi connectivity index (χ3n) is 3.54. The molecule has 0 spiro atoms. The molecule has 1 heterocycles. The Bertz CT molecular complexity index is 361. The Morgan fingerprint density at radius 1 is 1.38 bits per heavy atom. The van der Waals surface area contributed by atoms with Crippen LogP contribution in [0.5, 0.6) is 0 Å². The van der Waals surface area contributed by atoms with E-state index in [4.69, 9.17) is 0 Å². The fourth-order valence-electron chi connectivity index (χ4n) is 2.47. The molecule has 1 aromatic carbocycles. The van der Waals surface area contributed by atoms with Crippen LogP contribution in [-0.4, -0.2) is 13.1 Å². The summed E-state index contributed by atoms with van der Waals surface area (Å²) in [5, 5.41) is 3.37. The van der Waals surface area contributed by atoms with Crippen LogP contribution in [0.2, 0.25) is 0 Å². The van der Waals surface area contributed by atoms with Crippen LogP contribution in [0.15, 0.2) is 22.7 Å². The minimum absolute atomic E-state index is 0.173. The van der Waals surface area contributed by atoms with Gasteiger partial charge in [-0.3, -0.25) is 0 Å². The van der Waals surface area contributed by atoms with E-state index in [1.165, 1.54) is 18.4 Å². The first-order chi connectivity index (χ1) is 7.68. The van der Waals surface area contributed by atoms with Gasteiger partial charge in [0.1, 0.15) is 5.82 Å². The van der Waals surface area contributed by atoms with Crippen molar-refractivity contribution in [2.45, 2.75) is 25.7 Å². The van der Waals surface area contributed by atoms with E-state index in [2.05, 4.69) is 28.2 Å². The van der Waals surface area contributed by atoms with Crippen molar-refractivity contribution in [1.82, 2.24) is 5.32 Å². The molecule has 0 aliphatic carbocycles. The smallest absolute Gasteiger partial charge is 0.124 e. The predicted octanol–water partition coefficient (Wildman–Crippen LogP) is 3.69. The molecular weight excluding hydrogens is 269 g/mol. The number of nitrogens with one attached hydrogen (secondary N) is 1. The second-order valence-corrected chi connectivity index (χ2v) is 5.40. The fraction of sp³-hybridized carbons (Fsp3) is 0.538. The van der Waals surface area contributed by atoms with Gasteiger partial charge in [-0.1, -0.05) is 28.9 Å². The number of rotatable bonds is 2. The molecular formula is C13H17BrFN. The maximum atomic E-state index is 13.0. The molecule has 16 heavy (non-hydrogen) atoms. The van der Waals surface area contributed by atoms with Gasteiger partial charge in [0.05, 0.1) is 0 Å². The predicted molar refractivity (Wildman–Crippen MR) is 68.1 cm³/mol. The SMILES string of the molecule is CC(c1ccc(F)cc1Br)C1CCNCC1. The second kappa shape index (κ2) is 5.28. The van der Waals surface area contributed by atoms with E-state index in [9.17, 15) is 4.39 Å². The zero-order valence-electron chi connectivity index (χ0n) is 9.47. The number of benzene rings is 1. The number of halogens is 2. The maximum Gasteiger partial charge on any atom is 0.124 e. The monoisotopic (exact) mass is 285 g/mol. The Labute approximate surface area is 105 Å². The molecule has 0 amide bonds. The van der Waals surface area contributed by atoms with Crippen molar-refractivity contribution in [2.75, 3.05) is 13.1 Å². The lowest BCUT2D eigenvalue weighted by atomic mass is 9.82. The number of piperidine rings is 1. The molecule has 1 aliphatic rings. The lowest BCUT2D eigenvalue weighted by molar-refractivity contribution is 0.329. The molecule has 1 N–H and O–H groups in total. The van der Waals surface area contributed by atoms with Crippen LogP contribution in [0.1, 0.15) is 31.2 Å². The largest absolute Gasteiger partial charge is 0.317 e. The topological polar surface area (TPSA) is 12.0 Å². The molecule has 1 saturated heterocycles. The minimum Gasteiger partial charge on any atom is -0.317 e. The molecule has 1 unspecified atom stereocenters. The molecule has 3 heteroatoms. The Morgan fingerprint density at radius 2 is 2.06 bits per heavy atom. The molecule has 1 nitrogen and oxygen atoms in total. The third kappa shape index (κ3) is 2.64. The van der Waals surface area contributed by atoms with Crippen LogP contribution in [-0.2, 0) is 0 Å². The van der Waals surface area contributed by atoms with Gasteiger partial charge in [0.25, 0.3) is 0 Å².